The van der Waals surface area contributed by atoms with Gasteiger partial charge >= 0.3 is 0 Å². The Morgan fingerprint density at radius 3 is 2.81 bits per heavy atom. The summed E-state index contributed by atoms with van der Waals surface area (Å²) in [6, 6.07) is 5.62. The Morgan fingerprint density at radius 2 is 2.11 bits per heavy atom. The molecule has 4 rings (SSSR count). The Balaban J connectivity index is 1.39. The highest BCUT2D eigenvalue weighted by atomic mass is 16.5. The number of aromatic nitrogens is 2. The molecule has 0 unspecified atom stereocenters. The average molecular weight is 370 g/mol. The molecule has 7 nitrogen and oxygen atoms in total. The molecule has 27 heavy (non-hydrogen) atoms. The smallest absolute Gasteiger partial charge is 0.274 e. The second-order valence-electron chi connectivity index (χ2n) is 7.73. The molecule has 2 fully saturated rings. The molecule has 2 N–H and O–H groups in total. The summed E-state index contributed by atoms with van der Waals surface area (Å²) >= 11 is 0. The van der Waals surface area contributed by atoms with Crippen LogP contribution < -0.4 is 5.32 Å². The van der Waals surface area contributed by atoms with E-state index < -0.39 is 0 Å². The number of hydrogen-bond acceptors (Lipinski definition) is 6. The highest BCUT2D eigenvalue weighted by Crippen LogP contribution is 2.40. The summed E-state index contributed by atoms with van der Waals surface area (Å²) in [4.78, 5) is 19.3. The summed E-state index contributed by atoms with van der Waals surface area (Å²) in [6.07, 6.45) is 5.33. The molecule has 7 heteroatoms. The zero-order chi connectivity index (χ0) is 18.8. The Kier molecular flexibility index (Phi) is 5.22. The molecule has 0 radical (unpaired) electrons. The predicted octanol–water partition coefficient (Wildman–Crippen LogP) is 2.22. The number of pyridine rings is 1. The molecule has 0 aromatic carbocycles. The van der Waals surface area contributed by atoms with Gasteiger partial charge in [0.2, 0.25) is 0 Å². The van der Waals surface area contributed by atoms with Crippen LogP contribution in [0.5, 0.6) is 0 Å². The molecule has 1 saturated carbocycles. The van der Waals surface area contributed by atoms with Crippen molar-refractivity contribution in [3.05, 3.63) is 47.1 Å². The van der Waals surface area contributed by atoms with Crippen LogP contribution >= 0.6 is 0 Å². The highest BCUT2D eigenvalue weighted by Gasteiger charge is 2.35. The normalized spacial score (nSPS) is 19.8. The first-order chi connectivity index (χ1) is 13.1. The lowest BCUT2D eigenvalue weighted by molar-refractivity contribution is 0.0748. The first kappa shape index (κ1) is 18.1. The van der Waals surface area contributed by atoms with E-state index >= 15 is 0 Å². The maximum Gasteiger partial charge on any atom is 0.274 e. The van der Waals surface area contributed by atoms with Crippen LogP contribution in [-0.4, -0.2) is 45.2 Å². The third-order valence-corrected chi connectivity index (χ3v) is 5.36. The first-order valence-corrected chi connectivity index (χ1v) is 9.68. The van der Waals surface area contributed by atoms with Gasteiger partial charge in [0.15, 0.2) is 11.5 Å². The van der Waals surface area contributed by atoms with Crippen molar-refractivity contribution in [2.24, 2.45) is 5.92 Å². The minimum atomic E-state index is -0.223. The fourth-order valence-corrected chi connectivity index (χ4v) is 3.60. The molecule has 2 aromatic heterocycles. The van der Waals surface area contributed by atoms with Gasteiger partial charge in [0.05, 0.1) is 24.4 Å². The van der Waals surface area contributed by atoms with E-state index in [0.717, 1.165) is 50.0 Å². The van der Waals surface area contributed by atoms with E-state index in [1.54, 1.807) is 12.3 Å². The summed E-state index contributed by atoms with van der Waals surface area (Å²) in [6.45, 7) is 4.29. The maximum absolute atomic E-state index is 12.7. The number of aryl methyl sites for hydroxylation is 1. The number of rotatable bonds is 6. The maximum atomic E-state index is 12.7. The fraction of sp³-hybridized carbons (Fsp3) is 0.550. The lowest BCUT2D eigenvalue weighted by Gasteiger charge is -2.28. The van der Waals surface area contributed by atoms with Gasteiger partial charge in [-0.05, 0) is 56.2 Å². The number of nitrogens with one attached hydrogen (secondary N) is 1. The van der Waals surface area contributed by atoms with E-state index in [-0.39, 0.29) is 18.1 Å². The number of nitrogens with zero attached hydrogens (tertiary/aromatic N) is 3. The van der Waals surface area contributed by atoms with Crippen LogP contribution in [0.4, 0.5) is 0 Å². The van der Waals surface area contributed by atoms with E-state index in [0.29, 0.717) is 23.9 Å². The van der Waals surface area contributed by atoms with Crippen LogP contribution in [0.1, 0.15) is 59.2 Å². The summed E-state index contributed by atoms with van der Waals surface area (Å²) in [5.41, 5.74) is 2.34. The van der Waals surface area contributed by atoms with Crippen LogP contribution in [0.25, 0.3) is 0 Å². The summed E-state index contributed by atoms with van der Waals surface area (Å²) < 4.78 is 5.37. The molecular formula is C20H26N4O3. The number of amides is 1. The monoisotopic (exact) mass is 370 g/mol. The van der Waals surface area contributed by atoms with Crippen molar-refractivity contribution in [3.8, 4) is 0 Å². The van der Waals surface area contributed by atoms with Crippen LogP contribution in [0, 0.1) is 12.8 Å². The Labute approximate surface area is 158 Å². The van der Waals surface area contributed by atoms with Gasteiger partial charge in [0.1, 0.15) is 0 Å². The summed E-state index contributed by atoms with van der Waals surface area (Å²) in [7, 11) is 0. The molecule has 0 bridgehead atoms. The van der Waals surface area contributed by atoms with E-state index in [9.17, 15) is 9.90 Å². The van der Waals surface area contributed by atoms with Crippen molar-refractivity contribution < 1.29 is 14.4 Å². The quantitative estimate of drug-likeness (QED) is 0.810. The zero-order valence-electron chi connectivity index (χ0n) is 15.6. The largest absolute Gasteiger partial charge is 0.393 e. The Hall–Kier alpha value is -2.25. The van der Waals surface area contributed by atoms with E-state index in [1.165, 1.54) is 0 Å². The van der Waals surface area contributed by atoms with E-state index in [2.05, 4.69) is 20.4 Å². The Bertz CT molecular complexity index is 794. The van der Waals surface area contributed by atoms with Gasteiger partial charge in [-0.15, -0.1) is 0 Å². The SMILES string of the molecule is Cc1ccnc([C@@H](NC(=O)c2cc(CN3CCC(O)CC3)on2)C2CC2)c1. The fourth-order valence-electron chi connectivity index (χ4n) is 3.60. The molecule has 1 atom stereocenters. The lowest BCUT2D eigenvalue weighted by atomic mass is 10.1. The van der Waals surface area contributed by atoms with Crippen molar-refractivity contribution in [2.45, 2.75) is 51.3 Å². The lowest BCUT2D eigenvalue weighted by Crippen LogP contribution is -2.35. The number of likely N-dealkylation sites (tertiary alicyclic amines) is 1. The van der Waals surface area contributed by atoms with Crippen molar-refractivity contribution in [2.75, 3.05) is 13.1 Å². The third kappa shape index (κ3) is 4.54. The van der Waals surface area contributed by atoms with Crippen LogP contribution in [-0.2, 0) is 6.54 Å². The van der Waals surface area contributed by atoms with Crippen molar-refractivity contribution >= 4 is 5.91 Å². The Morgan fingerprint density at radius 1 is 1.33 bits per heavy atom. The second kappa shape index (κ2) is 7.78. The molecule has 2 aliphatic rings. The number of hydrogen-bond donors (Lipinski definition) is 2. The predicted molar refractivity (Wildman–Crippen MR) is 98.9 cm³/mol. The second-order valence-corrected chi connectivity index (χ2v) is 7.73. The molecule has 1 amide bonds. The van der Waals surface area contributed by atoms with Gasteiger partial charge in [-0.2, -0.15) is 0 Å². The van der Waals surface area contributed by atoms with Crippen LogP contribution in [0.3, 0.4) is 0 Å². The van der Waals surface area contributed by atoms with Gasteiger partial charge in [-0.3, -0.25) is 14.7 Å². The molecule has 2 aromatic rings. The van der Waals surface area contributed by atoms with Gasteiger partial charge in [0, 0.05) is 25.4 Å². The molecule has 144 valence electrons. The number of aliphatic hydroxyl groups is 1. The topological polar surface area (TPSA) is 91.5 Å². The summed E-state index contributed by atoms with van der Waals surface area (Å²) in [5, 5.41) is 16.6. The molecule has 3 heterocycles. The third-order valence-electron chi connectivity index (χ3n) is 5.36. The molecule has 1 aliphatic heterocycles. The minimum Gasteiger partial charge on any atom is -0.393 e. The standard InChI is InChI=1S/C20H26N4O3/c1-13-4-7-21-17(10-13)19(14-2-3-14)22-20(26)18-11-16(27-23-18)12-24-8-5-15(25)6-9-24/h4,7,10-11,14-15,19,25H,2-3,5-6,8-9,12H2,1H3,(H,22,26)/t19-/m0/s1. The van der Waals surface area contributed by atoms with Gasteiger partial charge < -0.3 is 14.9 Å². The van der Waals surface area contributed by atoms with E-state index in [4.69, 9.17) is 4.52 Å². The van der Waals surface area contributed by atoms with Crippen LogP contribution in [0.15, 0.2) is 28.9 Å². The van der Waals surface area contributed by atoms with E-state index in [1.807, 2.05) is 19.1 Å². The molecule has 0 spiro atoms. The van der Waals surface area contributed by atoms with Gasteiger partial charge in [-0.25, -0.2) is 0 Å². The number of carbonyl (C=O) groups is 1. The average Bonchev–Trinajstić information content (AvgIpc) is 3.39. The highest BCUT2D eigenvalue weighted by molar-refractivity contribution is 5.92. The zero-order valence-corrected chi connectivity index (χ0v) is 15.6. The van der Waals surface area contributed by atoms with Gasteiger partial charge in [-0.1, -0.05) is 5.16 Å². The van der Waals surface area contributed by atoms with Crippen molar-refractivity contribution in [1.82, 2.24) is 20.4 Å². The van der Waals surface area contributed by atoms with Crippen LogP contribution in [0.2, 0.25) is 0 Å². The summed E-state index contributed by atoms with van der Waals surface area (Å²) in [5.74, 6) is 0.891. The number of carbonyl (C=O) groups excluding carboxylic acids is 1. The number of aliphatic hydroxyl groups excluding tert-OH is 1. The molecular weight excluding hydrogens is 344 g/mol. The molecule has 1 aliphatic carbocycles. The van der Waals surface area contributed by atoms with Crippen molar-refractivity contribution in [1.29, 1.82) is 0 Å². The number of piperidine rings is 1. The van der Waals surface area contributed by atoms with Crippen molar-refractivity contribution in [3.63, 3.8) is 0 Å². The molecule has 1 saturated heterocycles. The first-order valence-electron chi connectivity index (χ1n) is 9.68. The van der Waals surface area contributed by atoms with Gasteiger partial charge in [0.25, 0.3) is 5.91 Å². The minimum absolute atomic E-state index is 0.0823.